The van der Waals surface area contributed by atoms with Gasteiger partial charge in [0.25, 0.3) is 0 Å². The zero-order valence-corrected chi connectivity index (χ0v) is 13.9. The lowest BCUT2D eigenvalue weighted by Crippen LogP contribution is -2.51. The van der Waals surface area contributed by atoms with Crippen molar-refractivity contribution in [2.24, 2.45) is 0 Å². The van der Waals surface area contributed by atoms with Crippen LogP contribution in [-0.4, -0.2) is 37.1 Å². The second-order valence-electron chi connectivity index (χ2n) is 6.62. The summed E-state index contributed by atoms with van der Waals surface area (Å²) in [4.78, 5) is 14.9. The van der Waals surface area contributed by atoms with Crippen LogP contribution in [-0.2, 0) is 14.9 Å². The summed E-state index contributed by atoms with van der Waals surface area (Å²) < 4.78 is 5.77. The van der Waals surface area contributed by atoms with Gasteiger partial charge in [-0.15, -0.1) is 0 Å². The molecule has 0 N–H and O–H groups in total. The molecule has 4 heteroatoms. The Morgan fingerprint density at radius 1 is 1.27 bits per heavy atom. The smallest absolute Gasteiger partial charge is 0.233 e. The van der Waals surface area contributed by atoms with Gasteiger partial charge in [-0.1, -0.05) is 30.2 Å². The lowest BCUT2D eigenvalue weighted by molar-refractivity contribution is -0.142. The summed E-state index contributed by atoms with van der Waals surface area (Å²) in [5.74, 6) is 0.232. The van der Waals surface area contributed by atoms with E-state index in [0.717, 1.165) is 49.3 Å². The van der Waals surface area contributed by atoms with Crippen molar-refractivity contribution in [3.63, 3.8) is 0 Å². The van der Waals surface area contributed by atoms with Crippen molar-refractivity contribution in [1.82, 2.24) is 4.90 Å². The molecule has 0 bridgehead atoms. The zero-order valence-electron chi connectivity index (χ0n) is 13.2. The van der Waals surface area contributed by atoms with Crippen LogP contribution in [0.3, 0.4) is 0 Å². The van der Waals surface area contributed by atoms with Crippen LogP contribution < -0.4 is 0 Å². The number of benzene rings is 1. The lowest BCUT2D eigenvalue weighted by Gasteiger charge is -2.44. The Bertz CT molecular complexity index is 518. The molecule has 120 valence electrons. The molecule has 0 spiro atoms. The van der Waals surface area contributed by atoms with Gasteiger partial charge in [0, 0.05) is 25.2 Å². The number of amides is 1. The van der Waals surface area contributed by atoms with Gasteiger partial charge in [-0.2, -0.15) is 0 Å². The molecule has 1 aliphatic carbocycles. The topological polar surface area (TPSA) is 29.5 Å². The van der Waals surface area contributed by atoms with E-state index in [4.69, 9.17) is 16.3 Å². The number of rotatable bonds is 4. The first-order valence-corrected chi connectivity index (χ1v) is 8.63. The summed E-state index contributed by atoms with van der Waals surface area (Å²) >= 11 is 5.98. The maximum atomic E-state index is 13.0. The predicted octanol–water partition coefficient (Wildman–Crippen LogP) is 3.79. The Balaban J connectivity index is 1.71. The molecule has 1 heterocycles. The lowest BCUT2D eigenvalue weighted by atomic mass is 9.63. The van der Waals surface area contributed by atoms with Crippen molar-refractivity contribution in [3.8, 4) is 0 Å². The van der Waals surface area contributed by atoms with E-state index in [1.54, 1.807) is 0 Å². The molecule has 1 atom stereocenters. The Kier molecular flexibility index (Phi) is 4.74. The first kappa shape index (κ1) is 15.8. The van der Waals surface area contributed by atoms with E-state index in [2.05, 4.69) is 0 Å². The molecule has 1 saturated heterocycles. The molecule has 1 aliphatic heterocycles. The van der Waals surface area contributed by atoms with Crippen molar-refractivity contribution >= 4 is 17.5 Å². The summed E-state index contributed by atoms with van der Waals surface area (Å²) in [7, 11) is 1.91. The highest BCUT2D eigenvalue weighted by molar-refractivity contribution is 6.30. The van der Waals surface area contributed by atoms with Crippen molar-refractivity contribution in [1.29, 1.82) is 0 Å². The largest absolute Gasteiger partial charge is 0.376 e. The molecule has 3 rings (SSSR count). The number of carbonyl (C=O) groups excluding carboxylic acids is 1. The maximum Gasteiger partial charge on any atom is 0.233 e. The number of halogens is 1. The SMILES string of the molecule is CN(C[C@H]1CCCCO1)C(=O)C1(c2ccc(Cl)cc2)CCC1. The highest BCUT2D eigenvalue weighted by atomic mass is 35.5. The number of carbonyl (C=O) groups is 1. The van der Waals surface area contributed by atoms with Crippen LogP contribution in [0.4, 0.5) is 0 Å². The van der Waals surface area contributed by atoms with Gasteiger partial charge in [0.1, 0.15) is 0 Å². The van der Waals surface area contributed by atoms with Crippen LogP contribution in [0.2, 0.25) is 5.02 Å². The number of hydrogen-bond acceptors (Lipinski definition) is 2. The Morgan fingerprint density at radius 2 is 2.00 bits per heavy atom. The molecule has 0 unspecified atom stereocenters. The standard InChI is InChI=1S/C18H24ClNO2/c1-20(13-16-5-2-3-12-22-16)17(21)18(10-4-11-18)14-6-8-15(19)9-7-14/h6-9,16H,2-5,10-13H2,1H3/t16-/m1/s1. The van der Waals surface area contributed by atoms with Gasteiger partial charge in [0.05, 0.1) is 11.5 Å². The van der Waals surface area contributed by atoms with Crippen LogP contribution in [0.15, 0.2) is 24.3 Å². The first-order valence-electron chi connectivity index (χ1n) is 8.25. The molecular weight excluding hydrogens is 298 g/mol. The van der Waals surface area contributed by atoms with Crippen molar-refractivity contribution < 1.29 is 9.53 Å². The van der Waals surface area contributed by atoms with Crippen LogP contribution in [0.5, 0.6) is 0 Å². The van der Waals surface area contributed by atoms with Crippen LogP contribution >= 0.6 is 11.6 Å². The minimum absolute atomic E-state index is 0.199. The Morgan fingerprint density at radius 3 is 2.55 bits per heavy atom. The molecule has 0 aromatic heterocycles. The number of likely N-dealkylation sites (N-methyl/N-ethyl adjacent to an activating group) is 1. The quantitative estimate of drug-likeness (QED) is 0.844. The van der Waals surface area contributed by atoms with Gasteiger partial charge in [-0.25, -0.2) is 0 Å². The zero-order chi connectivity index (χ0) is 15.6. The van der Waals surface area contributed by atoms with Gasteiger partial charge in [-0.3, -0.25) is 4.79 Å². The summed E-state index contributed by atoms with van der Waals surface area (Å²) in [6, 6.07) is 7.78. The van der Waals surface area contributed by atoms with Crippen LogP contribution in [0.25, 0.3) is 0 Å². The third-order valence-corrected chi connectivity index (χ3v) is 5.36. The van der Waals surface area contributed by atoms with Crippen LogP contribution in [0, 0.1) is 0 Å². The monoisotopic (exact) mass is 321 g/mol. The van der Waals surface area contributed by atoms with Gasteiger partial charge in [0.2, 0.25) is 5.91 Å². The molecule has 22 heavy (non-hydrogen) atoms. The fraction of sp³-hybridized carbons (Fsp3) is 0.611. The van der Waals surface area contributed by atoms with Gasteiger partial charge < -0.3 is 9.64 Å². The Hall–Kier alpha value is -1.06. The minimum Gasteiger partial charge on any atom is -0.376 e. The average Bonchev–Trinajstić information content (AvgIpc) is 2.49. The fourth-order valence-corrected chi connectivity index (χ4v) is 3.76. The molecule has 2 aliphatic rings. The van der Waals surface area contributed by atoms with E-state index in [1.165, 1.54) is 6.42 Å². The van der Waals surface area contributed by atoms with Gasteiger partial charge >= 0.3 is 0 Å². The second-order valence-corrected chi connectivity index (χ2v) is 7.05. The fourth-order valence-electron chi connectivity index (χ4n) is 3.63. The maximum absolute atomic E-state index is 13.0. The molecule has 1 aromatic carbocycles. The average molecular weight is 322 g/mol. The third-order valence-electron chi connectivity index (χ3n) is 5.11. The highest BCUT2D eigenvalue weighted by Gasteiger charge is 2.47. The number of nitrogens with zero attached hydrogens (tertiary/aromatic N) is 1. The summed E-state index contributed by atoms with van der Waals surface area (Å²) in [5, 5.41) is 0.717. The predicted molar refractivity (Wildman–Crippen MR) is 88.2 cm³/mol. The first-order chi connectivity index (χ1) is 10.6. The molecule has 0 radical (unpaired) electrons. The van der Waals surface area contributed by atoms with Crippen molar-refractivity contribution in [2.45, 2.75) is 50.0 Å². The van der Waals surface area contributed by atoms with Gasteiger partial charge in [0.15, 0.2) is 0 Å². The molecule has 1 amide bonds. The minimum atomic E-state index is -0.339. The van der Waals surface area contributed by atoms with Gasteiger partial charge in [-0.05, 0) is 49.8 Å². The van der Waals surface area contributed by atoms with Crippen molar-refractivity contribution in [3.05, 3.63) is 34.9 Å². The molecule has 1 aromatic rings. The van der Waals surface area contributed by atoms with E-state index in [9.17, 15) is 4.79 Å². The molecular formula is C18H24ClNO2. The van der Waals surface area contributed by atoms with Crippen LogP contribution in [0.1, 0.15) is 44.1 Å². The van der Waals surface area contributed by atoms with E-state index in [-0.39, 0.29) is 17.4 Å². The third kappa shape index (κ3) is 3.02. The van der Waals surface area contributed by atoms with E-state index >= 15 is 0 Å². The summed E-state index contributed by atoms with van der Waals surface area (Å²) in [5.41, 5.74) is 0.762. The van der Waals surface area contributed by atoms with E-state index in [1.807, 2.05) is 36.2 Å². The normalized spacial score (nSPS) is 23.6. The molecule has 2 fully saturated rings. The summed E-state index contributed by atoms with van der Waals surface area (Å²) in [6.07, 6.45) is 6.59. The van der Waals surface area contributed by atoms with Crippen molar-refractivity contribution in [2.75, 3.05) is 20.2 Å². The van der Waals surface area contributed by atoms with E-state index in [0.29, 0.717) is 6.54 Å². The highest BCUT2D eigenvalue weighted by Crippen LogP contribution is 2.45. The molecule has 3 nitrogen and oxygen atoms in total. The number of hydrogen-bond donors (Lipinski definition) is 0. The van der Waals surface area contributed by atoms with E-state index < -0.39 is 0 Å². The molecule has 1 saturated carbocycles. The summed E-state index contributed by atoms with van der Waals surface area (Å²) in [6.45, 7) is 1.53. The number of ether oxygens (including phenoxy) is 1. The Labute approximate surface area is 137 Å². The second kappa shape index (κ2) is 6.59.